The highest BCUT2D eigenvalue weighted by Gasteiger charge is 2.14. The molecule has 0 fully saturated rings. The molecule has 0 bridgehead atoms. The average Bonchev–Trinajstić information content (AvgIpc) is 2.67. The van der Waals surface area contributed by atoms with Gasteiger partial charge in [-0.25, -0.2) is 4.39 Å². The Kier molecular flexibility index (Phi) is 3.08. The lowest BCUT2D eigenvalue weighted by Gasteiger charge is -2.11. The van der Waals surface area contributed by atoms with E-state index < -0.39 is 6.10 Å². The van der Waals surface area contributed by atoms with Gasteiger partial charge in [0, 0.05) is 4.88 Å². The molecule has 0 aliphatic carbocycles. The summed E-state index contributed by atoms with van der Waals surface area (Å²) in [6.45, 7) is 3.66. The van der Waals surface area contributed by atoms with Crippen molar-refractivity contribution in [3.8, 4) is 0 Å². The van der Waals surface area contributed by atoms with E-state index in [1.54, 1.807) is 19.1 Å². The Bertz CT molecular complexity index is 504. The maximum atomic E-state index is 13.1. The summed E-state index contributed by atoms with van der Waals surface area (Å²) in [6, 6.07) is 6.70. The minimum atomic E-state index is -0.653. The summed E-state index contributed by atoms with van der Waals surface area (Å²) in [5, 5.41) is 12.1. The van der Waals surface area contributed by atoms with Gasteiger partial charge in [0.2, 0.25) is 0 Å². The second-order valence-electron chi connectivity index (χ2n) is 3.88. The normalized spacial score (nSPS) is 12.8. The largest absolute Gasteiger partial charge is 0.383 e. The maximum absolute atomic E-state index is 13.1. The van der Waals surface area contributed by atoms with Gasteiger partial charge in [0.05, 0.1) is 0 Å². The molecule has 1 atom stereocenters. The third kappa shape index (κ3) is 2.01. The molecule has 0 saturated carbocycles. The molecular formula is C13H13FOS. The van der Waals surface area contributed by atoms with Crippen molar-refractivity contribution < 1.29 is 9.50 Å². The summed E-state index contributed by atoms with van der Waals surface area (Å²) in [7, 11) is 0. The van der Waals surface area contributed by atoms with Gasteiger partial charge in [-0.1, -0.05) is 12.1 Å². The van der Waals surface area contributed by atoms with E-state index in [1.165, 1.54) is 17.4 Å². The molecule has 0 saturated heterocycles. The molecule has 16 heavy (non-hydrogen) atoms. The Balaban J connectivity index is 2.38. The number of rotatable bonds is 2. The number of aliphatic hydroxyl groups is 1. The number of benzene rings is 1. The Labute approximate surface area is 98.2 Å². The second kappa shape index (κ2) is 4.36. The van der Waals surface area contributed by atoms with Crippen molar-refractivity contribution in [2.45, 2.75) is 20.0 Å². The number of aliphatic hydroxyl groups excluding tert-OH is 1. The van der Waals surface area contributed by atoms with E-state index in [4.69, 9.17) is 0 Å². The van der Waals surface area contributed by atoms with Gasteiger partial charge < -0.3 is 5.11 Å². The summed E-state index contributed by atoms with van der Waals surface area (Å²) in [5.41, 5.74) is 2.37. The SMILES string of the molecule is Cc1cc(C(O)c2sccc2C)ccc1F. The Morgan fingerprint density at radius 1 is 1.19 bits per heavy atom. The van der Waals surface area contributed by atoms with Crippen molar-refractivity contribution >= 4 is 11.3 Å². The van der Waals surface area contributed by atoms with Crippen LogP contribution >= 0.6 is 11.3 Å². The van der Waals surface area contributed by atoms with Crippen molar-refractivity contribution in [3.05, 3.63) is 57.0 Å². The predicted octanol–water partition coefficient (Wildman–Crippen LogP) is 3.59. The van der Waals surface area contributed by atoms with E-state index in [-0.39, 0.29) is 5.82 Å². The van der Waals surface area contributed by atoms with Crippen LogP contribution in [-0.2, 0) is 0 Å². The van der Waals surface area contributed by atoms with Crippen molar-refractivity contribution in [1.82, 2.24) is 0 Å². The van der Waals surface area contributed by atoms with Gasteiger partial charge in [-0.3, -0.25) is 0 Å². The van der Waals surface area contributed by atoms with Crippen molar-refractivity contribution in [1.29, 1.82) is 0 Å². The Morgan fingerprint density at radius 2 is 1.94 bits per heavy atom. The predicted molar refractivity (Wildman–Crippen MR) is 64.3 cm³/mol. The van der Waals surface area contributed by atoms with Gasteiger partial charge in [0.1, 0.15) is 11.9 Å². The third-order valence-electron chi connectivity index (χ3n) is 2.65. The summed E-state index contributed by atoms with van der Waals surface area (Å²) in [6.07, 6.45) is -0.653. The van der Waals surface area contributed by atoms with Gasteiger partial charge in [0.25, 0.3) is 0 Å². The van der Waals surface area contributed by atoms with Gasteiger partial charge in [-0.15, -0.1) is 11.3 Å². The monoisotopic (exact) mass is 236 g/mol. The fraction of sp³-hybridized carbons (Fsp3) is 0.231. The van der Waals surface area contributed by atoms with Crippen LogP contribution in [0.15, 0.2) is 29.6 Å². The topological polar surface area (TPSA) is 20.2 Å². The molecule has 3 heteroatoms. The first-order chi connectivity index (χ1) is 7.59. The lowest BCUT2D eigenvalue weighted by atomic mass is 10.0. The van der Waals surface area contributed by atoms with Crippen LogP contribution in [0.5, 0.6) is 0 Å². The number of hydrogen-bond acceptors (Lipinski definition) is 2. The molecule has 0 spiro atoms. The van der Waals surface area contributed by atoms with Gasteiger partial charge in [-0.2, -0.15) is 0 Å². The minimum absolute atomic E-state index is 0.237. The quantitative estimate of drug-likeness (QED) is 0.845. The zero-order valence-corrected chi connectivity index (χ0v) is 10.0. The number of hydrogen-bond donors (Lipinski definition) is 1. The molecule has 0 amide bonds. The third-order valence-corrected chi connectivity index (χ3v) is 3.72. The fourth-order valence-corrected chi connectivity index (χ4v) is 2.59. The first kappa shape index (κ1) is 11.3. The fourth-order valence-electron chi connectivity index (χ4n) is 1.65. The molecule has 1 aromatic heterocycles. The lowest BCUT2D eigenvalue weighted by molar-refractivity contribution is 0.223. The summed E-state index contributed by atoms with van der Waals surface area (Å²) in [5.74, 6) is -0.237. The van der Waals surface area contributed by atoms with E-state index in [2.05, 4.69) is 0 Å². The lowest BCUT2D eigenvalue weighted by Crippen LogP contribution is -1.99. The van der Waals surface area contributed by atoms with E-state index in [0.29, 0.717) is 5.56 Å². The minimum Gasteiger partial charge on any atom is -0.383 e. The second-order valence-corrected chi connectivity index (χ2v) is 4.83. The van der Waals surface area contributed by atoms with Crippen LogP contribution in [0, 0.1) is 19.7 Å². The van der Waals surface area contributed by atoms with Gasteiger partial charge in [0.15, 0.2) is 0 Å². The van der Waals surface area contributed by atoms with Gasteiger partial charge in [-0.05, 0) is 48.1 Å². The summed E-state index contributed by atoms with van der Waals surface area (Å²) >= 11 is 1.52. The van der Waals surface area contributed by atoms with Crippen LogP contribution in [0.25, 0.3) is 0 Å². The molecule has 2 rings (SSSR count). The van der Waals surface area contributed by atoms with Crippen molar-refractivity contribution in [2.24, 2.45) is 0 Å². The average molecular weight is 236 g/mol. The van der Waals surface area contributed by atoms with Crippen LogP contribution in [0.2, 0.25) is 0 Å². The van der Waals surface area contributed by atoms with E-state index in [0.717, 1.165) is 16.0 Å². The van der Waals surface area contributed by atoms with E-state index in [9.17, 15) is 9.50 Å². The molecule has 1 N–H and O–H groups in total. The summed E-state index contributed by atoms with van der Waals surface area (Å²) < 4.78 is 13.1. The molecule has 0 aliphatic rings. The number of thiophene rings is 1. The van der Waals surface area contributed by atoms with Crippen LogP contribution in [-0.4, -0.2) is 5.11 Å². The highest BCUT2D eigenvalue weighted by molar-refractivity contribution is 7.10. The van der Waals surface area contributed by atoms with Crippen LogP contribution in [0.3, 0.4) is 0 Å². The highest BCUT2D eigenvalue weighted by Crippen LogP contribution is 2.29. The molecule has 1 aromatic carbocycles. The van der Waals surface area contributed by atoms with Crippen molar-refractivity contribution in [3.63, 3.8) is 0 Å². The zero-order chi connectivity index (χ0) is 11.7. The zero-order valence-electron chi connectivity index (χ0n) is 9.20. The van der Waals surface area contributed by atoms with E-state index in [1.807, 2.05) is 18.4 Å². The first-order valence-corrected chi connectivity index (χ1v) is 5.95. The number of halogens is 1. The maximum Gasteiger partial charge on any atom is 0.126 e. The Morgan fingerprint density at radius 3 is 2.50 bits per heavy atom. The van der Waals surface area contributed by atoms with E-state index >= 15 is 0 Å². The molecule has 84 valence electrons. The standard InChI is InChI=1S/C13H13FOS/c1-8-5-6-16-13(8)12(15)10-3-4-11(14)9(2)7-10/h3-7,12,15H,1-2H3. The van der Waals surface area contributed by atoms with Crippen LogP contribution < -0.4 is 0 Å². The van der Waals surface area contributed by atoms with Gasteiger partial charge >= 0.3 is 0 Å². The Hall–Kier alpha value is -1.19. The molecular weight excluding hydrogens is 223 g/mol. The van der Waals surface area contributed by atoms with Crippen molar-refractivity contribution in [2.75, 3.05) is 0 Å². The molecule has 0 aliphatic heterocycles. The smallest absolute Gasteiger partial charge is 0.126 e. The highest BCUT2D eigenvalue weighted by atomic mass is 32.1. The molecule has 1 nitrogen and oxygen atoms in total. The van der Waals surface area contributed by atoms with Crippen LogP contribution in [0.1, 0.15) is 27.7 Å². The number of aryl methyl sites for hydroxylation is 2. The summed E-state index contributed by atoms with van der Waals surface area (Å²) in [4.78, 5) is 0.922. The van der Waals surface area contributed by atoms with Crippen LogP contribution in [0.4, 0.5) is 4.39 Å². The molecule has 0 radical (unpaired) electrons. The molecule has 1 unspecified atom stereocenters. The molecule has 2 aromatic rings. The molecule has 1 heterocycles. The first-order valence-electron chi connectivity index (χ1n) is 5.07.